The van der Waals surface area contributed by atoms with E-state index in [0.29, 0.717) is 18.5 Å². The number of carbonyl (C=O) groups excluding carboxylic acids is 1. The lowest BCUT2D eigenvalue weighted by atomic mass is 9.82. The number of nitrogens with zero attached hydrogens (tertiary/aromatic N) is 2. The Labute approximate surface area is 171 Å². The van der Waals surface area contributed by atoms with E-state index in [4.69, 9.17) is 11.6 Å². The lowest BCUT2D eigenvalue weighted by Gasteiger charge is -2.24. The first kappa shape index (κ1) is 20.7. The van der Waals surface area contributed by atoms with Gasteiger partial charge in [-0.2, -0.15) is 0 Å². The molecule has 0 saturated carbocycles. The van der Waals surface area contributed by atoms with E-state index in [1.165, 1.54) is 36.4 Å². The molecule has 0 bridgehead atoms. The molecule has 2 atom stereocenters. The van der Waals surface area contributed by atoms with E-state index in [9.17, 15) is 23.1 Å². The number of carboxylic acid groups (broad SMARTS) is 1. The van der Waals surface area contributed by atoms with Crippen LogP contribution in [0.15, 0.2) is 53.4 Å². The van der Waals surface area contributed by atoms with Crippen LogP contribution in [0.2, 0.25) is 5.15 Å². The van der Waals surface area contributed by atoms with Crippen molar-refractivity contribution < 1.29 is 23.1 Å². The van der Waals surface area contributed by atoms with Gasteiger partial charge in [0.05, 0.1) is 16.7 Å². The van der Waals surface area contributed by atoms with Crippen molar-refractivity contribution in [3.05, 3.63) is 53.7 Å². The Morgan fingerprint density at radius 2 is 1.66 bits per heavy atom. The van der Waals surface area contributed by atoms with Gasteiger partial charge in [0.25, 0.3) is 10.0 Å². The Hall–Kier alpha value is -2.98. The highest BCUT2D eigenvalue weighted by molar-refractivity contribution is 7.92. The van der Waals surface area contributed by atoms with Crippen molar-refractivity contribution in [3.63, 3.8) is 0 Å². The first-order valence-corrected chi connectivity index (χ1v) is 10.4. The number of hydrogen-bond acceptors (Lipinski definition) is 6. The van der Waals surface area contributed by atoms with Gasteiger partial charge in [-0.05, 0) is 49.2 Å². The van der Waals surface area contributed by atoms with Crippen molar-refractivity contribution in [2.45, 2.75) is 17.7 Å². The number of anilines is 2. The fourth-order valence-electron chi connectivity index (χ4n) is 2.90. The largest absolute Gasteiger partial charge is 0.481 e. The Balaban J connectivity index is 1.69. The van der Waals surface area contributed by atoms with Crippen LogP contribution < -0.4 is 10.0 Å². The van der Waals surface area contributed by atoms with E-state index in [1.807, 2.05) is 0 Å². The number of hydrogen-bond donors (Lipinski definition) is 3. The van der Waals surface area contributed by atoms with E-state index >= 15 is 0 Å². The number of sulfonamides is 1. The molecule has 29 heavy (non-hydrogen) atoms. The standard InChI is InChI=1S/C18H17ClN4O5S/c19-15-9-10-16(22-21-15)23-29(27,28)12-7-5-11(6-8-12)20-17(24)13-3-1-2-4-14(13)18(25)26/h1-2,5-10,13-14H,3-4H2,(H,20,24)(H,22,23)(H,25,26). The molecule has 1 aliphatic rings. The van der Waals surface area contributed by atoms with Crippen LogP contribution in [0.1, 0.15) is 12.8 Å². The molecule has 1 aliphatic carbocycles. The van der Waals surface area contributed by atoms with Crippen LogP contribution in [0, 0.1) is 11.8 Å². The minimum atomic E-state index is -3.91. The molecule has 0 saturated heterocycles. The van der Waals surface area contributed by atoms with E-state index in [-0.39, 0.29) is 15.9 Å². The van der Waals surface area contributed by atoms with E-state index < -0.39 is 33.7 Å². The monoisotopic (exact) mass is 436 g/mol. The van der Waals surface area contributed by atoms with Crippen LogP contribution in [0.4, 0.5) is 11.5 Å². The third kappa shape index (κ3) is 5.09. The fraction of sp³-hybridized carbons (Fsp3) is 0.222. The third-order valence-electron chi connectivity index (χ3n) is 4.39. The molecule has 9 nitrogen and oxygen atoms in total. The van der Waals surface area contributed by atoms with Crippen LogP contribution in [0.5, 0.6) is 0 Å². The number of nitrogens with one attached hydrogen (secondary N) is 2. The van der Waals surface area contributed by atoms with Gasteiger partial charge >= 0.3 is 5.97 Å². The molecule has 0 radical (unpaired) electrons. The quantitative estimate of drug-likeness (QED) is 0.591. The van der Waals surface area contributed by atoms with Gasteiger partial charge in [0.15, 0.2) is 11.0 Å². The van der Waals surface area contributed by atoms with Crippen molar-refractivity contribution in [1.82, 2.24) is 10.2 Å². The average Bonchev–Trinajstić information content (AvgIpc) is 2.70. The molecule has 1 heterocycles. The summed E-state index contributed by atoms with van der Waals surface area (Å²) < 4.78 is 27.1. The minimum Gasteiger partial charge on any atom is -0.481 e. The highest BCUT2D eigenvalue weighted by Crippen LogP contribution is 2.27. The summed E-state index contributed by atoms with van der Waals surface area (Å²) in [7, 11) is -3.91. The first-order valence-electron chi connectivity index (χ1n) is 8.57. The zero-order valence-corrected chi connectivity index (χ0v) is 16.5. The average molecular weight is 437 g/mol. The predicted octanol–water partition coefficient (Wildman–Crippen LogP) is 2.54. The minimum absolute atomic E-state index is 0.0110. The number of rotatable bonds is 6. The van der Waals surface area contributed by atoms with Gasteiger partial charge in [0.1, 0.15) is 0 Å². The number of benzene rings is 1. The molecule has 0 spiro atoms. The second kappa shape index (κ2) is 8.58. The van der Waals surface area contributed by atoms with E-state index in [1.54, 1.807) is 12.2 Å². The molecular weight excluding hydrogens is 420 g/mol. The summed E-state index contributed by atoms with van der Waals surface area (Å²) in [6, 6.07) is 8.26. The van der Waals surface area contributed by atoms with Crippen molar-refractivity contribution in [2.24, 2.45) is 11.8 Å². The van der Waals surface area contributed by atoms with Crippen molar-refractivity contribution in [1.29, 1.82) is 0 Å². The number of amides is 1. The molecule has 2 unspecified atom stereocenters. The van der Waals surface area contributed by atoms with Crippen LogP contribution in [0.3, 0.4) is 0 Å². The smallest absolute Gasteiger partial charge is 0.307 e. The third-order valence-corrected chi connectivity index (χ3v) is 5.96. The second-order valence-corrected chi connectivity index (χ2v) is 8.42. The predicted molar refractivity (Wildman–Crippen MR) is 106 cm³/mol. The maximum absolute atomic E-state index is 12.5. The maximum Gasteiger partial charge on any atom is 0.307 e. The SMILES string of the molecule is O=C(O)C1CC=CCC1C(=O)Nc1ccc(S(=O)(=O)Nc2ccc(Cl)nn2)cc1. The normalized spacial score (nSPS) is 18.8. The van der Waals surface area contributed by atoms with Crippen LogP contribution in [-0.2, 0) is 19.6 Å². The molecule has 1 aromatic heterocycles. The Bertz CT molecular complexity index is 1040. The molecular formula is C18H17ClN4O5S. The number of aliphatic carboxylic acids is 1. The van der Waals surface area contributed by atoms with Gasteiger partial charge in [-0.25, -0.2) is 8.42 Å². The highest BCUT2D eigenvalue weighted by atomic mass is 35.5. The van der Waals surface area contributed by atoms with E-state index in [2.05, 4.69) is 20.2 Å². The number of carbonyl (C=O) groups is 2. The summed E-state index contributed by atoms with van der Waals surface area (Å²) in [6.07, 6.45) is 4.16. The number of halogens is 1. The summed E-state index contributed by atoms with van der Waals surface area (Å²) in [5, 5.41) is 19.3. The molecule has 1 aromatic carbocycles. The van der Waals surface area contributed by atoms with Gasteiger partial charge in [0.2, 0.25) is 5.91 Å². The maximum atomic E-state index is 12.5. The zero-order valence-electron chi connectivity index (χ0n) is 14.9. The van der Waals surface area contributed by atoms with Gasteiger partial charge in [-0.15, -0.1) is 10.2 Å². The van der Waals surface area contributed by atoms with Gasteiger partial charge in [0, 0.05) is 5.69 Å². The molecule has 3 N–H and O–H groups in total. The van der Waals surface area contributed by atoms with Gasteiger partial charge in [-0.1, -0.05) is 23.8 Å². The second-order valence-electron chi connectivity index (χ2n) is 6.35. The Morgan fingerprint density at radius 1 is 1.00 bits per heavy atom. The Kier molecular flexibility index (Phi) is 6.14. The summed E-state index contributed by atoms with van der Waals surface area (Å²) >= 11 is 5.62. The van der Waals surface area contributed by atoms with Crippen LogP contribution in [-0.4, -0.2) is 35.6 Å². The van der Waals surface area contributed by atoms with E-state index in [0.717, 1.165) is 0 Å². The number of allylic oxidation sites excluding steroid dienone is 2. The lowest BCUT2D eigenvalue weighted by Crippen LogP contribution is -2.34. The molecule has 11 heteroatoms. The summed E-state index contributed by atoms with van der Waals surface area (Å²) in [6.45, 7) is 0. The zero-order chi connectivity index (χ0) is 21.0. The molecule has 2 aromatic rings. The summed E-state index contributed by atoms with van der Waals surface area (Å²) in [4.78, 5) is 23.8. The summed E-state index contributed by atoms with van der Waals surface area (Å²) in [5.74, 6) is -2.91. The van der Waals surface area contributed by atoms with Crippen molar-refractivity contribution in [2.75, 3.05) is 10.0 Å². The highest BCUT2D eigenvalue weighted by Gasteiger charge is 2.34. The Morgan fingerprint density at radius 3 is 2.24 bits per heavy atom. The molecule has 0 fully saturated rings. The fourth-order valence-corrected chi connectivity index (χ4v) is 3.99. The summed E-state index contributed by atoms with van der Waals surface area (Å²) in [5.41, 5.74) is 0.360. The number of aromatic nitrogens is 2. The molecule has 152 valence electrons. The van der Waals surface area contributed by atoms with Gasteiger partial charge < -0.3 is 10.4 Å². The van der Waals surface area contributed by atoms with Gasteiger partial charge in [-0.3, -0.25) is 14.3 Å². The van der Waals surface area contributed by atoms with Crippen LogP contribution >= 0.6 is 11.6 Å². The molecule has 3 rings (SSSR count). The lowest BCUT2D eigenvalue weighted by molar-refractivity contribution is -0.146. The van der Waals surface area contributed by atoms with Crippen LogP contribution in [0.25, 0.3) is 0 Å². The number of carboxylic acids is 1. The molecule has 1 amide bonds. The topological polar surface area (TPSA) is 138 Å². The molecule has 0 aliphatic heterocycles. The first-order chi connectivity index (χ1) is 13.8. The van der Waals surface area contributed by atoms with Crippen molar-refractivity contribution in [3.8, 4) is 0 Å². The van der Waals surface area contributed by atoms with Crippen molar-refractivity contribution >= 4 is 45.0 Å².